The first kappa shape index (κ1) is 17.0. The van der Waals surface area contributed by atoms with E-state index in [-0.39, 0.29) is 26.1 Å². The van der Waals surface area contributed by atoms with E-state index in [9.17, 15) is 17.2 Å². The number of halogens is 2. The normalized spacial score (nSPS) is 12.1. The lowest BCUT2D eigenvalue weighted by atomic mass is 10.3. The molecule has 0 aliphatic rings. The molecule has 0 heterocycles. The topological polar surface area (TPSA) is 57.6 Å². The van der Waals surface area contributed by atoms with Crippen LogP contribution in [0.2, 0.25) is 0 Å². The summed E-state index contributed by atoms with van der Waals surface area (Å²) in [6.07, 6.45) is 1.64. The minimum Gasteiger partial charge on any atom is -0.396 e. The molecule has 20 heavy (non-hydrogen) atoms. The van der Waals surface area contributed by atoms with Crippen LogP contribution in [0.3, 0.4) is 0 Å². The van der Waals surface area contributed by atoms with Crippen molar-refractivity contribution in [2.45, 2.75) is 31.1 Å². The zero-order valence-electron chi connectivity index (χ0n) is 11.3. The average Bonchev–Trinajstić information content (AvgIpc) is 2.41. The molecule has 1 aromatic carbocycles. The van der Waals surface area contributed by atoms with E-state index >= 15 is 0 Å². The third-order valence-corrected chi connectivity index (χ3v) is 4.78. The van der Waals surface area contributed by atoms with Crippen LogP contribution >= 0.6 is 0 Å². The van der Waals surface area contributed by atoms with Gasteiger partial charge >= 0.3 is 0 Å². The summed E-state index contributed by atoms with van der Waals surface area (Å²) < 4.78 is 52.6. The van der Waals surface area contributed by atoms with Crippen molar-refractivity contribution in [1.82, 2.24) is 4.31 Å². The Morgan fingerprint density at radius 1 is 1.20 bits per heavy atom. The highest BCUT2D eigenvalue weighted by Gasteiger charge is 2.28. The number of rotatable bonds is 8. The van der Waals surface area contributed by atoms with Gasteiger partial charge in [0.15, 0.2) is 11.6 Å². The van der Waals surface area contributed by atoms with Gasteiger partial charge in [0.05, 0.1) is 0 Å². The molecular formula is C13H19F2NO3S. The second-order valence-corrected chi connectivity index (χ2v) is 6.29. The van der Waals surface area contributed by atoms with Gasteiger partial charge in [0, 0.05) is 19.7 Å². The van der Waals surface area contributed by atoms with Gasteiger partial charge in [-0.05, 0) is 25.0 Å². The fourth-order valence-electron chi connectivity index (χ4n) is 1.76. The molecule has 0 radical (unpaired) electrons. The molecule has 1 rings (SSSR count). The van der Waals surface area contributed by atoms with Crippen molar-refractivity contribution in [3.63, 3.8) is 0 Å². The van der Waals surface area contributed by atoms with Crippen LogP contribution in [0.4, 0.5) is 8.78 Å². The molecule has 0 unspecified atom stereocenters. The molecule has 0 aliphatic heterocycles. The first-order valence-corrected chi connectivity index (χ1v) is 7.94. The second-order valence-electron chi connectivity index (χ2n) is 4.39. The third-order valence-electron chi connectivity index (χ3n) is 2.86. The van der Waals surface area contributed by atoms with Gasteiger partial charge < -0.3 is 5.11 Å². The van der Waals surface area contributed by atoms with Gasteiger partial charge in [0.2, 0.25) is 10.0 Å². The largest absolute Gasteiger partial charge is 0.396 e. The molecule has 1 N–H and O–H groups in total. The lowest BCUT2D eigenvalue weighted by Crippen LogP contribution is -2.34. The molecular weight excluding hydrogens is 288 g/mol. The summed E-state index contributed by atoms with van der Waals surface area (Å²) in [6.45, 7) is 2.03. The number of nitrogens with zero attached hydrogens (tertiary/aromatic N) is 1. The monoisotopic (exact) mass is 307 g/mol. The highest BCUT2D eigenvalue weighted by molar-refractivity contribution is 7.89. The molecule has 0 saturated carbocycles. The van der Waals surface area contributed by atoms with Gasteiger partial charge in [-0.1, -0.05) is 19.4 Å². The van der Waals surface area contributed by atoms with Crippen LogP contribution in [0.1, 0.15) is 26.2 Å². The van der Waals surface area contributed by atoms with Crippen molar-refractivity contribution >= 4 is 10.0 Å². The fraction of sp³-hybridized carbons (Fsp3) is 0.538. The highest BCUT2D eigenvalue weighted by Crippen LogP contribution is 2.21. The number of hydrogen-bond acceptors (Lipinski definition) is 3. The van der Waals surface area contributed by atoms with Gasteiger partial charge in [-0.25, -0.2) is 17.2 Å². The van der Waals surface area contributed by atoms with Crippen molar-refractivity contribution in [3.8, 4) is 0 Å². The molecule has 0 spiro atoms. The molecule has 1 aromatic rings. The fourth-order valence-corrected chi connectivity index (χ4v) is 3.35. The van der Waals surface area contributed by atoms with Crippen molar-refractivity contribution in [2.75, 3.05) is 19.7 Å². The van der Waals surface area contributed by atoms with E-state index < -0.39 is 26.6 Å². The van der Waals surface area contributed by atoms with E-state index in [0.717, 1.165) is 28.9 Å². The molecule has 0 amide bonds. The van der Waals surface area contributed by atoms with E-state index in [4.69, 9.17) is 5.11 Å². The first-order chi connectivity index (χ1) is 9.45. The minimum atomic E-state index is -4.09. The quantitative estimate of drug-likeness (QED) is 0.800. The van der Waals surface area contributed by atoms with E-state index in [1.54, 1.807) is 0 Å². The summed E-state index contributed by atoms with van der Waals surface area (Å²) in [7, 11) is -4.09. The van der Waals surface area contributed by atoms with E-state index in [1.807, 2.05) is 6.92 Å². The van der Waals surface area contributed by atoms with Crippen molar-refractivity contribution in [2.24, 2.45) is 0 Å². The molecule has 0 atom stereocenters. The van der Waals surface area contributed by atoms with E-state index in [1.165, 1.54) is 0 Å². The van der Waals surface area contributed by atoms with Crippen LogP contribution in [0.15, 0.2) is 23.1 Å². The Morgan fingerprint density at radius 3 is 2.45 bits per heavy atom. The molecule has 0 saturated heterocycles. The second kappa shape index (κ2) is 7.66. The smallest absolute Gasteiger partial charge is 0.246 e. The lowest BCUT2D eigenvalue weighted by molar-refractivity contribution is 0.268. The predicted octanol–water partition coefficient (Wildman–Crippen LogP) is 2.14. The molecule has 0 fully saturated rings. The maximum atomic E-state index is 13.7. The molecule has 0 aliphatic carbocycles. The van der Waals surface area contributed by atoms with Gasteiger partial charge in [0.25, 0.3) is 0 Å². The molecule has 114 valence electrons. The number of benzene rings is 1. The van der Waals surface area contributed by atoms with E-state index in [0.29, 0.717) is 6.42 Å². The number of aliphatic hydroxyl groups excluding tert-OH is 1. The van der Waals surface area contributed by atoms with Crippen LogP contribution in [0, 0.1) is 11.6 Å². The van der Waals surface area contributed by atoms with Crippen LogP contribution in [-0.4, -0.2) is 37.5 Å². The Kier molecular flexibility index (Phi) is 6.51. The molecule has 7 heteroatoms. The van der Waals surface area contributed by atoms with Crippen LogP contribution in [-0.2, 0) is 10.0 Å². The predicted molar refractivity (Wildman–Crippen MR) is 71.7 cm³/mol. The summed E-state index contributed by atoms with van der Waals surface area (Å²) in [5.41, 5.74) is 0. The van der Waals surface area contributed by atoms with Crippen LogP contribution in [0.5, 0.6) is 0 Å². The first-order valence-electron chi connectivity index (χ1n) is 6.50. The third kappa shape index (κ3) is 3.97. The standard InChI is InChI=1S/C13H19F2NO3S/c1-2-3-8-16(9-5-10-17)20(18,19)12-7-4-6-11(14)13(12)15/h4,6-7,17H,2-3,5,8-10H2,1H3. The number of sulfonamides is 1. The number of hydrogen-bond donors (Lipinski definition) is 1. The maximum Gasteiger partial charge on any atom is 0.246 e. The van der Waals surface area contributed by atoms with Gasteiger partial charge in [0.1, 0.15) is 4.90 Å². The summed E-state index contributed by atoms with van der Waals surface area (Å²) >= 11 is 0. The average molecular weight is 307 g/mol. The summed E-state index contributed by atoms with van der Waals surface area (Å²) in [5.74, 6) is -2.55. The van der Waals surface area contributed by atoms with Gasteiger partial charge in [-0.2, -0.15) is 4.31 Å². The molecule has 4 nitrogen and oxygen atoms in total. The van der Waals surface area contributed by atoms with Crippen molar-refractivity contribution < 1.29 is 22.3 Å². The number of unbranched alkanes of at least 4 members (excludes halogenated alkanes) is 1. The Morgan fingerprint density at radius 2 is 1.85 bits per heavy atom. The van der Waals surface area contributed by atoms with Crippen LogP contribution < -0.4 is 0 Å². The van der Waals surface area contributed by atoms with E-state index in [2.05, 4.69) is 0 Å². The van der Waals surface area contributed by atoms with Gasteiger partial charge in [-0.15, -0.1) is 0 Å². The Bertz CT molecular complexity index is 526. The Labute approximate surface area is 118 Å². The molecule has 0 aromatic heterocycles. The van der Waals surface area contributed by atoms with Gasteiger partial charge in [-0.3, -0.25) is 0 Å². The highest BCUT2D eigenvalue weighted by atomic mass is 32.2. The zero-order valence-corrected chi connectivity index (χ0v) is 12.2. The SMILES string of the molecule is CCCCN(CCCO)S(=O)(=O)c1cccc(F)c1F. The minimum absolute atomic E-state index is 0.0782. The summed E-state index contributed by atoms with van der Waals surface area (Å²) in [5, 5.41) is 8.82. The van der Waals surface area contributed by atoms with Crippen molar-refractivity contribution in [3.05, 3.63) is 29.8 Å². The molecule has 0 bridgehead atoms. The van der Waals surface area contributed by atoms with Crippen LogP contribution in [0.25, 0.3) is 0 Å². The lowest BCUT2D eigenvalue weighted by Gasteiger charge is -2.22. The van der Waals surface area contributed by atoms with Crippen molar-refractivity contribution in [1.29, 1.82) is 0 Å². The summed E-state index contributed by atoms with van der Waals surface area (Å²) in [4.78, 5) is -0.661. The Hall–Kier alpha value is -1.05. The summed E-state index contributed by atoms with van der Waals surface area (Å²) in [6, 6.07) is 3.08. The number of aliphatic hydroxyl groups is 1. The Balaban J connectivity index is 3.11. The maximum absolute atomic E-state index is 13.7. The zero-order chi connectivity index (χ0) is 15.2.